The molecule has 0 aliphatic carbocycles. The molecule has 6 rings (SSSR count). The third-order valence-corrected chi connectivity index (χ3v) is 5.98. The van der Waals surface area contributed by atoms with E-state index in [1.165, 1.54) is 17.4 Å². The molecular weight excluding hydrogens is 437 g/mol. The molecule has 3 aliphatic rings. The highest BCUT2D eigenvalue weighted by Crippen LogP contribution is 2.42. The lowest BCUT2D eigenvalue weighted by molar-refractivity contribution is -0.274. The SMILES string of the molecule is CCOC(=O)c1cc(-c2nccs2)c2oc(N3CC4CC(C3)N4)nc2c1OC(F)(F)F. The summed E-state index contributed by atoms with van der Waals surface area (Å²) in [5.74, 6) is -1.69. The van der Waals surface area contributed by atoms with Crippen LogP contribution in [-0.4, -0.2) is 54.1 Å². The maximum absolute atomic E-state index is 13.2. The first-order valence-corrected chi connectivity index (χ1v) is 10.5. The number of ether oxygens (including phenoxy) is 2. The van der Waals surface area contributed by atoms with Crippen molar-refractivity contribution in [2.75, 3.05) is 24.6 Å². The van der Waals surface area contributed by atoms with Crippen molar-refractivity contribution < 1.29 is 31.9 Å². The van der Waals surface area contributed by atoms with Gasteiger partial charge in [0.1, 0.15) is 10.6 Å². The maximum Gasteiger partial charge on any atom is 0.573 e. The van der Waals surface area contributed by atoms with E-state index in [0.29, 0.717) is 23.7 Å². The Balaban J connectivity index is 1.71. The van der Waals surface area contributed by atoms with Gasteiger partial charge in [0.2, 0.25) is 0 Å². The summed E-state index contributed by atoms with van der Waals surface area (Å²) < 4.78 is 54.8. The summed E-state index contributed by atoms with van der Waals surface area (Å²) in [6.07, 6.45) is -2.44. The largest absolute Gasteiger partial charge is 0.573 e. The van der Waals surface area contributed by atoms with Gasteiger partial charge in [-0.2, -0.15) is 4.98 Å². The predicted molar refractivity (Wildman–Crippen MR) is 105 cm³/mol. The predicted octanol–water partition coefficient (Wildman–Crippen LogP) is 3.58. The zero-order valence-corrected chi connectivity index (χ0v) is 17.0. The fourth-order valence-electron chi connectivity index (χ4n) is 3.95. The molecule has 0 spiro atoms. The van der Waals surface area contributed by atoms with E-state index in [1.54, 1.807) is 18.5 Å². The number of alkyl halides is 3. The minimum atomic E-state index is -5.04. The Bertz CT molecular complexity index is 1120. The fourth-order valence-corrected chi connectivity index (χ4v) is 4.60. The van der Waals surface area contributed by atoms with Crippen molar-refractivity contribution in [3.05, 3.63) is 23.2 Å². The van der Waals surface area contributed by atoms with Crippen LogP contribution in [0.25, 0.3) is 21.7 Å². The topological polar surface area (TPSA) is 89.7 Å². The highest BCUT2D eigenvalue weighted by Gasteiger charge is 2.40. The van der Waals surface area contributed by atoms with Crippen LogP contribution in [0, 0.1) is 0 Å². The number of carbonyl (C=O) groups excluding carboxylic acids is 1. The molecule has 0 radical (unpaired) electrons. The zero-order chi connectivity index (χ0) is 21.8. The number of aromatic nitrogens is 2. The molecule has 2 unspecified atom stereocenters. The minimum absolute atomic E-state index is 0.0114. The molecule has 31 heavy (non-hydrogen) atoms. The summed E-state index contributed by atoms with van der Waals surface area (Å²) in [4.78, 5) is 22.9. The van der Waals surface area contributed by atoms with Gasteiger partial charge in [-0.25, -0.2) is 9.78 Å². The Labute approximate surface area is 178 Å². The van der Waals surface area contributed by atoms with E-state index in [4.69, 9.17) is 9.15 Å². The van der Waals surface area contributed by atoms with Crippen molar-refractivity contribution in [2.45, 2.75) is 31.8 Å². The second-order valence-electron chi connectivity index (χ2n) is 7.28. The lowest BCUT2D eigenvalue weighted by atomic mass is 9.92. The molecule has 2 atom stereocenters. The summed E-state index contributed by atoms with van der Waals surface area (Å²) in [5.41, 5.74) is -0.166. The second kappa shape index (κ2) is 7.38. The van der Waals surface area contributed by atoms with Crippen LogP contribution in [0.5, 0.6) is 5.75 Å². The number of anilines is 1. The van der Waals surface area contributed by atoms with Crippen molar-refractivity contribution in [3.8, 4) is 16.3 Å². The van der Waals surface area contributed by atoms with Gasteiger partial charge < -0.3 is 24.1 Å². The zero-order valence-electron chi connectivity index (χ0n) is 16.2. The highest BCUT2D eigenvalue weighted by atomic mass is 32.1. The Morgan fingerprint density at radius 1 is 1.39 bits per heavy atom. The number of halogens is 3. The van der Waals surface area contributed by atoms with E-state index >= 15 is 0 Å². The maximum atomic E-state index is 13.2. The normalized spacial score (nSPS) is 20.6. The van der Waals surface area contributed by atoms with Crippen LogP contribution in [-0.2, 0) is 4.74 Å². The van der Waals surface area contributed by atoms with Gasteiger partial charge in [-0.1, -0.05) is 0 Å². The Morgan fingerprint density at radius 3 is 2.74 bits per heavy atom. The molecule has 164 valence electrons. The number of benzene rings is 1. The molecule has 0 saturated carbocycles. The quantitative estimate of drug-likeness (QED) is 0.586. The van der Waals surface area contributed by atoms with E-state index < -0.39 is 18.1 Å². The standard InChI is InChI=1S/C19H17F3N4O4S/c1-2-28-17(27)12-6-11(16-23-3-4-31-16)14-13(15(12)30-19(20,21)22)25-18(29-14)26-7-9-5-10(8-26)24-9/h3-4,6,9-10,24H,2,5,7-8H2,1H3. The van der Waals surface area contributed by atoms with Crippen LogP contribution in [0.4, 0.5) is 19.2 Å². The monoisotopic (exact) mass is 454 g/mol. The number of oxazole rings is 1. The lowest BCUT2D eigenvalue weighted by Gasteiger charge is -2.47. The van der Waals surface area contributed by atoms with Crippen LogP contribution >= 0.6 is 11.3 Å². The first-order chi connectivity index (χ1) is 14.8. The van der Waals surface area contributed by atoms with E-state index in [-0.39, 0.29) is 41.4 Å². The highest BCUT2D eigenvalue weighted by molar-refractivity contribution is 7.13. The van der Waals surface area contributed by atoms with Crippen LogP contribution in [0.3, 0.4) is 0 Å². The number of piperazine rings is 1. The molecular formula is C19H17F3N4O4S. The number of thiazole rings is 1. The molecule has 3 aliphatic heterocycles. The average Bonchev–Trinajstić information content (AvgIpc) is 3.37. The average molecular weight is 454 g/mol. The molecule has 8 nitrogen and oxygen atoms in total. The summed E-state index contributed by atoms with van der Waals surface area (Å²) in [7, 11) is 0. The number of nitrogens with one attached hydrogen (secondary N) is 1. The van der Waals surface area contributed by atoms with Gasteiger partial charge in [0.25, 0.3) is 6.01 Å². The van der Waals surface area contributed by atoms with Crippen LogP contribution < -0.4 is 15.0 Å². The number of hydrogen-bond donors (Lipinski definition) is 1. The molecule has 3 aromatic rings. The molecule has 5 heterocycles. The number of piperidine rings is 1. The smallest absolute Gasteiger partial charge is 0.462 e. The number of esters is 1. The number of hydrogen-bond acceptors (Lipinski definition) is 9. The van der Waals surface area contributed by atoms with Gasteiger partial charge in [-0.3, -0.25) is 0 Å². The van der Waals surface area contributed by atoms with Crippen molar-refractivity contribution in [3.63, 3.8) is 0 Å². The summed E-state index contributed by atoms with van der Waals surface area (Å²) >= 11 is 1.26. The van der Waals surface area contributed by atoms with Gasteiger partial charge in [-0.05, 0) is 19.4 Å². The lowest BCUT2D eigenvalue weighted by Crippen LogP contribution is -2.67. The van der Waals surface area contributed by atoms with E-state index in [9.17, 15) is 18.0 Å². The van der Waals surface area contributed by atoms with Crippen molar-refractivity contribution in [2.24, 2.45) is 0 Å². The van der Waals surface area contributed by atoms with Gasteiger partial charge in [0, 0.05) is 36.8 Å². The van der Waals surface area contributed by atoms with Crippen LogP contribution in [0.2, 0.25) is 0 Å². The van der Waals surface area contributed by atoms with Crippen molar-refractivity contribution in [1.29, 1.82) is 0 Å². The third-order valence-electron chi connectivity index (χ3n) is 5.18. The summed E-state index contributed by atoms with van der Waals surface area (Å²) in [5, 5.41) is 5.56. The van der Waals surface area contributed by atoms with Gasteiger partial charge in [-0.15, -0.1) is 24.5 Å². The van der Waals surface area contributed by atoms with Gasteiger partial charge in [0.05, 0.1) is 12.2 Å². The molecule has 0 amide bonds. The molecule has 12 heteroatoms. The first-order valence-electron chi connectivity index (χ1n) is 9.63. The van der Waals surface area contributed by atoms with E-state index in [1.807, 2.05) is 4.90 Å². The third kappa shape index (κ3) is 3.69. The fraction of sp³-hybridized carbons (Fsp3) is 0.421. The first kappa shape index (κ1) is 20.1. The van der Waals surface area contributed by atoms with Crippen LogP contribution in [0.15, 0.2) is 22.1 Å². The summed E-state index contributed by atoms with van der Waals surface area (Å²) in [6, 6.07) is 2.00. The van der Waals surface area contributed by atoms with E-state index in [0.717, 1.165) is 6.42 Å². The molecule has 3 fully saturated rings. The molecule has 2 aromatic heterocycles. The molecule has 1 aromatic carbocycles. The minimum Gasteiger partial charge on any atom is -0.462 e. The number of fused-ring (bicyclic) bond motifs is 3. The number of nitrogens with zero attached hydrogens (tertiary/aromatic N) is 3. The molecule has 1 N–H and O–H groups in total. The Morgan fingerprint density at radius 2 is 2.13 bits per heavy atom. The van der Waals surface area contributed by atoms with Crippen LogP contribution in [0.1, 0.15) is 23.7 Å². The summed E-state index contributed by atoms with van der Waals surface area (Å²) in [6.45, 7) is 2.79. The second-order valence-corrected chi connectivity index (χ2v) is 8.18. The Hall–Kier alpha value is -2.86. The molecule has 2 bridgehead atoms. The number of carbonyl (C=O) groups is 1. The van der Waals surface area contributed by atoms with Gasteiger partial charge in [0.15, 0.2) is 16.8 Å². The van der Waals surface area contributed by atoms with E-state index in [2.05, 4.69) is 20.0 Å². The van der Waals surface area contributed by atoms with Crippen molar-refractivity contribution >= 4 is 34.4 Å². The number of rotatable bonds is 5. The molecule has 3 saturated heterocycles. The Kier molecular flexibility index (Phi) is 4.77. The van der Waals surface area contributed by atoms with Crippen molar-refractivity contribution in [1.82, 2.24) is 15.3 Å². The van der Waals surface area contributed by atoms with Gasteiger partial charge >= 0.3 is 12.3 Å².